The molecule has 5 rings (SSSR count). The summed E-state index contributed by atoms with van der Waals surface area (Å²) < 4.78 is 2.24. The predicted molar refractivity (Wildman–Crippen MR) is 105 cm³/mol. The van der Waals surface area contributed by atoms with Crippen LogP contribution in [0.1, 0.15) is 12.8 Å². The summed E-state index contributed by atoms with van der Waals surface area (Å²) in [4.78, 5) is 36.2. The highest BCUT2D eigenvalue weighted by molar-refractivity contribution is 9.10. The molecule has 8 nitrogen and oxygen atoms in total. The van der Waals surface area contributed by atoms with Gasteiger partial charge in [0, 0.05) is 17.6 Å². The second-order valence-electron chi connectivity index (χ2n) is 7.17. The summed E-state index contributed by atoms with van der Waals surface area (Å²) in [7, 11) is 0. The lowest BCUT2D eigenvalue weighted by Gasteiger charge is -2.26. The molecule has 1 saturated heterocycles. The van der Waals surface area contributed by atoms with E-state index in [1.807, 2.05) is 12.1 Å². The van der Waals surface area contributed by atoms with E-state index in [9.17, 15) is 9.59 Å². The van der Waals surface area contributed by atoms with Gasteiger partial charge in [0.05, 0.1) is 6.20 Å². The lowest BCUT2D eigenvalue weighted by Crippen LogP contribution is -2.46. The van der Waals surface area contributed by atoms with Crippen molar-refractivity contribution in [2.24, 2.45) is 5.92 Å². The molecule has 1 saturated carbocycles. The highest BCUT2D eigenvalue weighted by Crippen LogP contribution is 2.48. The van der Waals surface area contributed by atoms with Gasteiger partial charge < -0.3 is 10.2 Å². The first-order valence-corrected chi connectivity index (χ1v) is 9.90. The van der Waals surface area contributed by atoms with Crippen molar-refractivity contribution >= 4 is 44.6 Å². The number of carbonyl (C=O) groups excluding carboxylic acids is 2. The topological polar surface area (TPSA) is 93.0 Å². The maximum atomic E-state index is 13.0. The lowest BCUT2D eigenvalue weighted by molar-refractivity contribution is -0.138. The van der Waals surface area contributed by atoms with Crippen LogP contribution in [0.15, 0.2) is 47.3 Å². The van der Waals surface area contributed by atoms with Crippen molar-refractivity contribution in [3.63, 3.8) is 0 Å². The summed E-state index contributed by atoms with van der Waals surface area (Å²) in [5.74, 6) is 0.565. The van der Waals surface area contributed by atoms with Crippen LogP contribution in [0.4, 0.5) is 5.82 Å². The molecule has 142 valence electrons. The number of anilines is 1. The number of likely N-dealkylation sites (tertiary alicyclic amines) is 1. The molecule has 1 aliphatic carbocycles. The normalized spacial score (nSPS) is 22.9. The average molecular weight is 441 g/mol. The Labute approximate surface area is 169 Å². The maximum Gasteiger partial charge on any atom is 0.248 e. The van der Waals surface area contributed by atoms with Crippen molar-refractivity contribution in [2.75, 3.05) is 5.32 Å². The summed E-state index contributed by atoms with van der Waals surface area (Å²) in [6.45, 7) is 0.0721. The van der Waals surface area contributed by atoms with Crippen LogP contribution in [-0.4, -0.2) is 48.5 Å². The van der Waals surface area contributed by atoms with E-state index < -0.39 is 6.04 Å². The van der Waals surface area contributed by atoms with Gasteiger partial charge in [-0.25, -0.2) is 14.6 Å². The number of pyridine rings is 2. The number of rotatable bonds is 4. The number of carbonyl (C=O) groups is 2. The second-order valence-corrected chi connectivity index (χ2v) is 7.98. The van der Waals surface area contributed by atoms with Crippen molar-refractivity contribution in [1.82, 2.24) is 24.6 Å². The third kappa shape index (κ3) is 3.05. The molecule has 0 spiro atoms. The monoisotopic (exact) mass is 440 g/mol. The van der Waals surface area contributed by atoms with Crippen molar-refractivity contribution in [2.45, 2.75) is 31.5 Å². The Balaban J connectivity index is 1.34. The highest BCUT2D eigenvalue weighted by Gasteiger charge is 2.56. The lowest BCUT2D eigenvalue weighted by atomic mass is 10.1. The van der Waals surface area contributed by atoms with Crippen molar-refractivity contribution in [1.29, 1.82) is 0 Å². The van der Waals surface area contributed by atoms with Gasteiger partial charge in [0.1, 0.15) is 23.0 Å². The minimum absolute atomic E-state index is 0.0721. The number of aromatic nitrogens is 4. The molecule has 0 bridgehead atoms. The molecule has 9 heteroatoms. The molecule has 1 unspecified atom stereocenters. The third-order valence-corrected chi connectivity index (χ3v) is 5.79. The van der Waals surface area contributed by atoms with Crippen LogP contribution in [0, 0.1) is 5.92 Å². The molecular weight excluding hydrogens is 424 g/mol. The van der Waals surface area contributed by atoms with Gasteiger partial charge in [0.15, 0.2) is 5.65 Å². The summed E-state index contributed by atoms with van der Waals surface area (Å²) in [6.07, 6.45) is 5.03. The van der Waals surface area contributed by atoms with Crippen molar-refractivity contribution < 1.29 is 9.59 Å². The van der Waals surface area contributed by atoms with Crippen LogP contribution in [0.25, 0.3) is 11.0 Å². The number of nitrogens with zero attached hydrogens (tertiary/aromatic N) is 5. The molecular formula is C19H17BrN6O2. The van der Waals surface area contributed by atoms with E-state index in [1.54, 1.807) is 40.2 Å². The van der Waals surface area contributed by atoms with Gasteiger partial charge in [-0.1, -0.05) is 6.07 Å². The first-order valence-electron chi connectivity index (χ1n) is 9.11. The first kappa shape index (κ1) is 17.3. The quantitative estimate of drug-likeness (QED) is 0.627. The molecule has 1 N–H and O–H groups in total. The van der Waals surface area contributed by atoms with Gasteiger partial charge in [0.2, 0.25) is 11.8 Å². The van der Waals surface area contributed by atoms with Gasteiger partial charge in [0.25, 0.3) is 0 Å². The van der Waals surface area contributed by atoms with Crippen LogP contribution in [0.5, 0.6) is 0 Å². The summed E-state index contributed by atoms with van der Waals surface area (Å²) in [5.41, 5.74) is 0.668. The number of nitrogens with one attached hydrogen (secondary N) is 1. The average Bonchev–Trinajstić information content (AvgIpc) is 3.16. The minimum atomic E-state index is -0.480. The fraction of sp³-hybridized carbons (Fsp3) is 0.316. The second kappa shape index (κ2) is 6.66. The van der Waals surface area contributed by atoms with Crippen molar-refractivity contribution in [3.8, 4) is 0 Å². The zero-order valence-electron chi connectivity index (χ0n) is 14.8. The summed E-state index contributed by atoms with van der Waals surface area (Å²) in [6, 6.07) is 8.73. The number of amides is 2. The number of piperidine rings is 1. The van der Waals surface area contributed by atoms with E-state index in [1.165, 1.54) is 0 Å². The highest BCUT2D eigenvalue weighted by atomic mass is 79.9. The van der Waals surface area contributed by atoms with E-state index in [0.717, 1.165) is 11.8 Å². The summed E-state index contributed by atoms with van der Waals surface area (Å²) in [5, 5.41) is 8.00. The maximum absolute atomic E-state index is 13.0. The molecule has 2 fully saturated rings. The largest absolute Gasteiger partial charge is 0.326 e. The molecule has 2 amide bonds. The van der Waals surface area contributed by atoms with E-state index >= 15 is 0 Å². The number of hydrogen-bond acceptors (Lipinski definition) is 5. The Morgan fingerprint density at radius 3 is 2.96 bits per heavy atom. The molecule has 28 heavy (non-hydrogen) atoms. The summed E-state index contributed by atoms with van der Waals surface area (Å²) >= 11 is 3.30. The zero-order valence-corrected chi connectivity index (χ0v) is 16.4. The molecule has 1 aliphatic heterocycles. The van der Waals surface area contributed by atoms with Gasteiger partial charge in [-0.15, -0.1) is 0 Å². The van der Waals surface area contributed by atoms with Crippen LogP contribution in [0.2, 0.25) is 0 Å². The fourth-order valence-electron chi connectivity index (χ4n) is 3.97. The van der Waals surface area contributed by atoms with Gasteiger partial charge >= 0.3 is 0 Å². The van der Waals surface area contributed by atoms with E-state index in [4.69, 9.17) is 0 Å². The zero-order chi connectivity index (χ0) is 19.3. The molecule has 3 aromatic rings. The smallest absolute Gasteiger partial charge is 0.248 e. The van der Waals surface area contributed by atoms with Gasteiger partial charge in [-0.3, -0.25) is 9.59 Å². The number of hydrogen-bond donors (Lipinski definition) is 1. The third-order valence-electron chi connectivity index (χ3n) is 5.34. The van der Waals surface area contributed by atoms with Crippen molar-refractivity contribution in [3.05, 3.63) is 47.3 Å². The Morgan fingerprint density at radius 1 is 1.21 bits per heavy atom. The number of halogens is 1. The van der Waals surface area contributed by atoms with Crippen LogP contribution in [-0.2, 0) is 16.1 Å². The molecule has 3 aromatic heterocycles. The predicted octanol–water partition coefficient (Wildman–Crippen LogP) is 2.22. The fourth-order valence-corrected chi connectivity index (χ4v) is 4.32. The standard InChI is InChI=1S/C19H17BrN6O2/c20-15-4-1-5-16(23-15)24-19(28)14-8-12-7-13(12)26(14)17(27)10-25-18-11(9-22-25)3-2-6-21-18/h1-6,9,12-14H,7-8,10H2,(H,23,24,28)/t12-,13?,14+/m1/s1. The SMILES string of the molecule is O=C(Nc1cccc(Br)n1)[C@@H]1C[C@H]2CC2N1C(=O)Cn1ncc2cccnc21. The number of fused-ring (bicyclic) bond motifs is 2. The van der Waals surface area contributed by atoms with Crippen LogP contribution >= 0.6 is 15.9 Å². The Hall–Kier alpha value is -2.81. The molecule has 0 radical (unpaired) electrons. The van der Waals surface area contributed by atoms with E-state index in [2.05, 4.69) is 36.3 Å². The molecule has 3 atom stereocenters. The van der Waals surface area contributed by atoms with Crippen LogP contribution in [0.3, 0.4) is 0 Å². The van der Waals surface area contributed by atoms with Gasteiger partial charge in [-0.05, 0) is 59.0 Å². The molecule has 2 aliphatic rings. The van der Waals surface area contributed by atoms with E-state index in [0.29, 0.717) is 28.4 Å². The minimum Gasteiger partial charge on any atom is -0.326 e. The Morgan fingerprint density at radius 2 is 2.11 bits per heavy atom. The van der Waals surface area contributed by atoms with Crippen LogP contribution < -0.4 is 5.32 Å². The van der Waals surface area contributed by atoms with E-state index in [-0.39, 0.29) is 24.4 Å². The Bertz CT molecular complexity index is 1080. The molecule has 0 aromatic carbocycles. The molecule has 4 heterocycles. The first-order chi connectivity index (χ1) is 13.6. The Kier molecular flexibility index (Phi) is 4.12. The van der Waals surface area contributed by atoms with Gasteiger partial charge in [-0.2, -0.15) is 5.10 Å².